The van der Waals surface area contributed by atoms with E-state index in [2.05, 4.69) is 33.3 Å². The van der Waals surface area contributed by atoms with E-state index in [1.165, 1.54) is 6.07 Å². The van der Waals surface area contributed by atoms with Crippen molar-refractivity contribution in [3.63, 3.8) is 0 Å². The summed E-state index contributed by atoms with van der Waals surface area (Å²) in [5.74, 6) is 0.615. The normalized spacial score (nSPS) is 25.5. The van der Waals surface area contributed by atoms with Crippen molar-refractivity contribution in [3.05, 3.63) is 76.7 Å². The lowest BCUT2D eigenvalue weighted by atomic mass is 9.88. The summed E-state index contributed by atoms with van der Waals surface area (Å²) in [6.07, 6.45) is 8.45. The molecule has 172 valence electrons. The minimum atomic E-state index is -4.44. The first-order valence-electron chi connectivity index (χ1n) is 10.9. The van der Waals surface area contributed by atoms with Crippen molar-refractivity contribution in [2.45, 2.75) is 24.9 Å². The quantitative estimate of drug-likeness (QED) is 0.624. The van der Waals surface area contributed by atoms with Gasteiger partial charge in [0.2, 0.25) is 0 Å². The molecular formula is C24H22ClF3N4O. The van der Waals surface area contributed by atoms with Crippen molar-refractivity contribution in [3.8, 4) is 5.75 Å². The highest BCUT2D eigenvalue weighted by atomic mass is 35.5. The number of ether oxygens (including phenoxy) is 1. The fourth-order valence-corrected chi connectivity index (χ4v) is 5.48. The van der Waals surface area contributed by atoms with Gasteiger partial charge in [0.25, 0.3) is 0 Å². The van der Waals surface area contributed by atoms with Crippen LogP contribution in [0.4, 0.5) is 13.2 Å². The average molecular weight is 475 g/mol. The number of hydrogen-bond acceptors (Lipinski definition) is 4. The lowest BCUT2D eigenvalue weighted by Crippen LogP contribution is -2.41. The predicted octanol–water partition coefficient (Wildman–Crippen LogP) is 5.04. The van der Waals surface area contributed by atoms with Crippen LogP contribution in [0.15, 0.2) is 54.9 Å². The molecule has 1 aromatic carbocycles. The Hall–Kier alpha value is -2.87. The zero-order valence-electron chi connectivity index (χ0n) is 17.9. The molecule has 0 saturated heterocycles. The van der Waals surface area contributed by atoms with Gasteiger partial charge in [0, 0.05) is 55.1 Å². The predicted molar refractivity (Wildman–Crippen MR) is 118 cm³/mol. The Morgan fingerprint density at radius 2 is 2.00 bits per heavy atom. The van der Waals surface area contributed by atoms with Gasteiger partial charge in [-0.15, -0.1) is 0 Å². The summed E-state index contributed by atoms with van der Waals surface area (Å²) in [6.45, 7) is 4.67. The van der Waals surface area contributed by atoms with E-state index in [0.717, 1.165) is 42.7 Å². The standard InChI is InChI=1S/C24H22ClF3N4O/c1-15-9-32(14-29-15)19-3-2-18-10-30(4-5-31(18)11-19)13-23-8-17(23)12-33-22-20(23)6-16(7-21(22)25)24(26,27)28/h2-3,6-7,9-11,14,17H,4-5,8,12-13H2,1H3/t17-,23+/m0/s1. The molecule has 0 unspecified atom stereocenters. The van der Waals surface area contributed by atoms with Crippen molar-refractivity contribution in [1.82, 2.24) is 19.4 Å². The molecular weight excluding hydrogens is 453 g/mol. The molecule has 0 N–H and O–H groups in total. The van der Waals surface area contributed by atoms with Gasteiger partial charge in [-0.05, 0) is 37.6 Å². The van der Waals surface area contributed by atoms with Gasteiger partial charge in [0.05, 0.1) is 40.6 Å². The zero-order valence-corrected chi connectivity index (χ0v) is 18.7. The van der Waals surface area contributed by atoms with E-state index in [9.17, 15) is 13.2 Å². The lowest BCUT2D eigenvalue weighted by Gasteiger charge is -2.38. The number of halogens is 4. The minimum Gasteiger partial charge on any atom is -0.491 e. The number of alkyl halides is 3. The van der Waals surface area contributed by atoms with Crippen LogP contribution in [0.25, 0.3) is 5.70 Å². The maximum absolute atomic E-state index is 13.5. The molecule has 4 heterocycles. The SMILES string of the molecule is Cc1cn(C2=CN3CCN(C[C@]45C[C@H]4COc4c(Cl)cc(C(F)(F)F)cc45)C=C3C=C2)cn1. The number of aryl methyl sites for hydroxylation is 1. The lowest BCUT2D eigenvalue weighted by molar-refractivity contribution is -0.137. The Bertz CT molecular complexity index is 1230. The van der Waals surface area contributed by atoms with Gasteiger partial charge in [-0.1, -0.05) is 11.6 Å². The van der Waals surface area contributed by atoms with Crippen molar-refractivity contribution in [2.24, 2.45) is 5.92 Å². The van der Waals surface area contributed by atoms with Crippen LogP contribution in [0.5, 0.6) is 5.75 Å². The minimum absolute atomic E-state index is 0.0374. The summed E-state index contributed by atoms with van der Waals surface area (Å²) in [7, 11) is 0. The summed E-state index contributed by atoms with van der Waals surface area (Å²) in [5, 5.41) is 0.0374. The number of hydrogen-bond donors (Lipinski definition) is 0. The van der Waals surface area contributed by atoms with Crippen molar-refractivity contribution in [2.75, 3.05) is 26.2 Å². The number of imidazole rings is 1. The largest absolute Gasteiger partial charge is 0.491 e. The first kappa shape index (κ1) is 20.7. The third-order valence-electron chi connectivity index (χ3n) is 7.05. The third kappa shape index (κ3) is 3.42. The maximum atomic E-state index is 13.5. The number of rotatable bonds is 3. The second-order valence-corrected chi connectivity index (χ2v) is 9.64. The van der Waals surface area contributed by atoms with Crippen LogP contribution in [0.1, 0.15) is 23.2 Å². The Morgan fingerprint density at radius 1 is 1.18 bits per heavy atom. The Balaban J connectivity index is 1.27. The van der Waals surface area contributed by atoms with Crippen molar-refractivity contribution < 1.29 is 17.9 Å². The number of allylic oxidation sites excluding steroid dienone is 3. The molecule has 4 aliphatic rings. The van der Waals surface area contributed by atoms with E-state index in [4.69, 9.17) is 16.3 Å². The van der Waals surface area contributed by atoms with Gasteiger partial charge in [0.15, 0.2) is 0 Å². The molecule has 0 radical (unpaired) electrons. The monoisotopic (exact) mass is 474 g/mol. The van der Waals surface area contributed by atoms with Crippen LogP contribution in [0, 0.1) is 12.8 Å². The van der Waals surface area contributed by atoms with E-state index in [0.29, 0.717) is 24.5 Å². The second kappa shape index (κ2) is 7.06. The number of nitrogens with zero attached hydrogens (tertiary/aromatic N) is 4. The van der Waals surface area contributed by atoms with Gasteiger partial charge in [-0.25, -0.2) is 4.98 Å². The molecule has 3 aliphatic heterocycles. The van der Waals surface area contributed by atoms with Gasteiger partial charge in [-0.2, -0.15) is 13.2 Å². The van der Waals surface area contributed by atoms with Crippen LogP contribution in [0.2, 0.25) is 5.02 Å². The smallest absolute Gasteiger partial charge is 0.416 e. The van der Waals surface area contributed by atoms with E-state index >= 15 is 0 Å². The van der Waals surface area contributed by atoms with Gasteiger partial charge in [-0.3, -0.25) is 0 Å². The van der Waals surface area contributed by atoms with Crippen molar-refractivity contribution in [1.29, 1.82) is 0 Å². The van der Waals surface area contributed by atoms with Crippen LogP contribution in [0.3, 0.4) is 0 Å². The van der Waals surface area contributed by atoms with Crippen LogP contribution >= 0.6 is 11.6 Å². The second-order valence-electron chi connectivity index (χ2n) is 9.23. The summed E-state index contributed by atoms with van der Waals surface area (Å²) < 4.78 is 48.1. The van der Waals surface area contributed by atoms with Gasteiger partial charge in [0.1, 0.15) is 5.75 Å². The summed E-state index contributed by atoms with van der Waals surface area (Å²) in [5.41, 5.74) is 2.58. The first-order valence-corrected chi connectivity index (χ1v) is 11.3. The van der Waals surface area contributed by atoms with Gasteiger partial charge >= 0.3 is 6.18 Å². The molecule has 2 atom stereocenters. The molecule has 0 amide bonds. The summed E-state index contributed by atoms with van der Waals surface area (Å²) in [4.78, 5) is 8.70. The third-order valence-corrected chi connectivity index (χ3v) is 7.33. The fraction of sp³-hybridized carbons (Fsp3) is 0.375. The highest BCUT2D eigenvalue weighted by Gasteiger charge is 2.60. The van der Waals surface area contributed by atoms with Crippen LogP contribution in [-0.2, 0) is 11.6 Å². The van der Waals surface area contributed by atoms with Crippen LogP contribution < -0.4 is 4.74 Å². The molecule has 9 heteroatoms. The van der Waals surface area contributed by atoms with E-state index in [1.54, 1.807) is 6.33 Å². The maximum Gasteiger partial charge on any atom is 0.416 e. The molecule has 1 saturated carbocycles. The molecule has 0 bridgehead atoms. The van der Waals surface area contributed by atoms with E-state index in [1.807, 2.05) is 23.8 Å². The molecule has 0 spiro atoms. The first-order chi connectivity index (χ1) is 15.7. The average Bonchev–Trinajstić information content (AvgIpc) is 3.33. The Kier molecular flexibility index (Phi) is 4.43. The molecule has 33 heavy (non-hydrogen) atoms. The molecule has 1 aliphatic carbocycles. The van der Waals surface area contributed by atoms with Crippen LogP contribution in [-0.4, -0.2) is 45.6 Å². The summed E-state index contributed by atoms with van der Waals surface area (Å²) >= 11 is 6.22. The molecule has 1 aromatic heterocycles. The van der Waals surface area contributed by atoms with Crippen molar-refractivity contribution >= 4 is 17.3 Å². The molecule has 5 nitrogen and oxygen atoms in total. The van der Waals surface area contributed by atoms with E-state index < -0.39 is 11.7 Å². The van der Waals surface area contributed by atoms with E-state index in [-0.39, 0.29) is 16.4 Å². The number of aromatic nitrogens is 2. The number of benzene rings is 1. The Labute approximate surface area is 194 Å². The molecule has 1 fully saturated rings. The molecule has 2 aromatic rings. The highest BCUT2D eigenvalue weighted by molar-refractivity contribution is 6.32. The topological polar surface area (TPSA) is 33.5 Å². The Morgan fingerprint density at radius 3 is 2.76 bits per heavy atom. The zero-order chi connectivity index (χ0) is 23.0. The number of fused-ring (bicyclic) bond motifs is 4. The highest BCUT2D eigenvalue weighted by Crippen LogP contribution is 2.61. The van der Waals surface area contributed by atoms with Gasteiger partial charge < -0.3 is 19.1 Å². The fourth-order valence-electron chi connectivity index (χ4n) is 5.21. The summed E-state index contributed by atoms with van der Waals surface area (Å²) in [6, 6.07) is 2.21. The molecule has 6 rings (SSSR count).